The minimum absolute atomic E-state index is 0.670. The van der Waals surface area contributed by atoms with Gasteiger partial charge in [0.05, 0.1) is 4.47 Å². The van der Waals surface area contributed by atoms with E-state index in [4.69, 9.17) is 0 Å². The van der Waals surface area contributed by atoms with Crippen molar-refractivity contribution in [3.8, 4) is 11.6 Å². The topological polar surface area (TPSA) is 56.5 Å². The molecule has 3 heterocycles. The van der Waals surface area contributed by atoms with Gasteiger partial charge in [-0.1, -0.05) is 6.42 Å². The number of hydrogen-bond acceptors (Lipinski definition) is 4. The van der Waals surface area contributed by atoms with Gasteiger partial charge in [-0.3, -0.25) is 0 Å². The minimum atomic E-state index is 0.670. The molecule has 4 rings (SSSR count). The number of aromatic nitrogens is 5. The Morgan fingerprint density at radius 2 is 1.90 bits per heavy atom. The first kappa shape index (κ1) is 12.4. The standard InChI is InChI=1S/C14H16BrN5/c15-11-6-16-13(17-7-11)14-19-18-12-5-9-2-1-3-10(4-9)8-20(12)14/h6-7,9-10H,1-5,8H2. The van der Waals surface area contributed by atoms with Crippen LogP contribution < -0.4 is 0 Å². The third-order valence-electron chi connectivity index (χ3n) is 4.45. The van der Waals surface area contributed by atoms with E-state index in [2.05, 4.69) is 40.7 Å². The molecule has 0 saturated heterocycles. The molecule has 0 spiro atoms. The average molecular weight is 334 g/mol. The summed E-state index contributed by atoms with van der Waals surface area (Å²) in [6.07, 6.45) is 9.95. The number of fused-ring (bicyclic) bond motifs is 3. The summed E-state index contributed by atoms with van der Waals surface area (Å²) in [6, 6.07) is 0. The summed E-state index contributed by atoms with van der Waals surface area (Å²) < 4.78 is 3.13. The number of hydrogen-bond donors (Lipinski definition) is 0. The molecule has 2 unspecified atom stereocenters. The van der Waals surface area contributed by atoms with Crippen molar-refractivity contribution in [2.24, 2.45) is 11.8 Å². The van der Waals surface area contributed by atoms with Gasteiger partial charge in [-0.05, 0) is 47.0 Å². The zero-order valence-corrected chi connectivity index (χ0v) is 12.8. The molecule has 2 aromatic rings. The molecule has 0 aromatic carbocycles. The van der Waals surface area contributed by atoms with E-state index < -0.39 is 0 Å². The summed E-state index contributed by atoms with van der Waals surface area (Å²) in [5, 5.41) is 8.74. The first-order valence-corrected chi connectivity index (χ1v) is 7.99. The van der Waals surface area contributed by atoms with Crippen LogP contribution in [0.25, 0.3) is 11.6 Å². The Kier molecular flexibility index (Phi) is 3.06. The molecule has 1 saturated carbocycles. The van der Waals surface area contributed by atoms with Gasteiger partial charge in [0.2, 0.25) is 5.82 Å². The van der Waals surface area contributed by atoms with Crippen LogP contribution in [-0.4, -0.2) is 24.7 Å². The largest absolute Gasteiger partial charge is 0.308 e. The van der Waals surface area contributed by atoms with E-state index in [1.807, 2.05) is 0 Å². The van der Waals surface area contributed by atoms with Gasteiger partial charge >= 0.3 is 0 Å². The summed E-state index contributed by atoms with van der Waals surface area (Å²) in [4.78, 5) is 8.73. The normalized spacial score (nSPS) is 25.1. The second-order valence-corrected chi connectivity index (χ2v) is 6.79. The summed E-state index contributed by atoms with van der Waals surface area (Å²) >= 11 is 3.37. The third kappa shape index (κ3) is 2.16. The first-order valence-electron chi connectivity index (χ1n) is 7.19. The highest BCUT2D eigenvalue weighted by molar-refractivity contribution is 9.10. The molecule has 20 heavy (non-hydrogen) atoms. The molecule has 0 amide bonds. The summed E-state index contributed by atoms with van der Waals surface area (Å²) in [5.74, 6) is 4.16. The predicted molar refractivity (Wildman–Crippen MR) is 77.9 cm³/mol. The number of halogens is 1. The Bertz CT molecular complexity index is 621. The fourth-order valence-electron chi connectivity index (χ4n) is 3.54. The van der Waals surface area contributed by atoms with Crippen molar-refractivity contribution in [1.29, 1.82) is 0 Å². The van der Waals surface area contributed by atoms with Crippen molar-refractivity contribution in [3.63, 3.8) is 0 Å². The summed E-state index contributed by atoms with van der Waals surface area (Å²) in [7, 11) is 0. The molecule has 2 aliphatic rings. The quantitative estimate of drug-likeness (QED) is 0.805. The fraction of sp³-hybridized carbons (Fsp3) is 0.571. The summed E-state index contributed by atoms with van der Waals surface area (Å²) in [5.41, 5.74) is 0. The lowest BCUT2D eigenvalue weighted by atomic mass is 9.81. The monoisotopic (exact) mass is 333 g/mol. The van der Waals surface area contributed by atoms with Gasteiger partial charge in [0.25, 0.3) is 0 Å². The maximum atomic E-state index is 4.40. The van der Waals surface area contributed by atoms with E-state index in [0.717, 1.165) is 40.9 Å². The Morgan fingerprint density at radius 1 is 1.10 bits per heavy atom. The smallest absolute Gasteiger partial charge is 0.201 e. The highest BCUT2D eigenvalue weighted by atomic mass is 79.9. The van der Waals surface area contributed by atoms with Crippen molar-refractivity contribution in [1.82, 2.24) is 24.7 Å². The van der Waals surface area contributed by atoms with Crippen LogP contribution in [-0.2, 0) is 13.0 Å². The van der Waals surface area contributed by atoms with E-state index in [1.165, 1.54) is 25.7 Å². The molecule has 2 aromatic heterocycles. The lowest BCUT2D eigenvalue weighted by Crippen LogP contribution is -2.17. The van der Waals surface area contributed by atoms with E-state index in [1.54, 1.807) is 12.4 Å². The molecular formula is C14H16BrN5. The molecule has 1 aliphatic heterocycles. The van der Waals surface area contributed by atoms with Crippen LogP contribution in [0, 0.1) is 11.8 Å². The van der Waals surface area contributed by atoms with Gasteiger partial charge in [0.1, 0.15) is 5.82 Å². The second-order valence-electron chi connectivity index (χ2n) is 5.88. The van der Waals surface area contributed by atoms with Crippen LogP contribution in [0.4, 0.5) is 0 Å². The maximum Gasteiger partial charge on any atom is 0.201 e. The van der Waals surface area contributed by atoms with Crippen molar-refractivity contribution in [2.45, 2.75) is 38.6 Å². The average Bonchev–Trinajstić information content (AvgIpc) is 2.78. The molecule has 0 radical (unpaired) electrons. The van der Waals surface area contributed by atoms with E-state index >= 15 is 0 Å². The highest BCUT2D eigenvalue weighted by Gasteiger charge is 2.30. The summed E-state index contributed by atoms with van der Waals surface area (Å²) in [6.45, 7) is 1.02. The van der Waals surface area contributed by atoms with Crippen LogP contribution in [0.1, 0.15) is 31.5 Å². The molecule has 2 atom stereocenters. The van der Waals surface area contributed by atoms with Crippen molar-refractivity contribution in [2.75, 3.05) is 0 Å². The highest BCUT2D eigenvalue weighted by Crippen LogP contribution is 2.36. The SMILES string of the molecule is Brc1cnc(-c2nnc3n2CC2CCCC(C3)C2)nc1. The van der Waals surface area contributed by atoms with Crippen molar-refractivity contribution < 1.29 is 0 Å². The molecule has 2 bridgehead atoms. The van der Waals surface area contributed by atoms with E-state index in [-0.39, 0.29) is 0 Å². The first-order chi connectivity index (χ1) is 9.79. The van der Waals surface area contributed by atoms with Gasteiger partial charge in [0.15, 0.2) is 5.82 Å². The maximum absolute atomic E-state index is 4.40. The van der Waals surface area contributed by atoms with Gasteiger partial charge < -0.3 is 4.57 Å². The van der Waals surface area contributed by atoms with Gasteiger partial charge in [-0.15, -0.1) is 10.2 Å². The van der Waals surface area contributed by atoms with E-state index in [0.29, 0.717) is 5.82 Å². The molecule has 1 aliphatic carbocycles. The van der Waals surface area contributed by atoms with Crippen LogP contribution in [0.5, 0.6) is 0 Å². The van der Waals surface area contributed by atoms with Crippen molar-refractivity contribution >= 4 is 15.9 Å². The Balaban J connectivity index is 1.75. The number of nitrogens with zero attached hydrogens (tertiary/aromatic N) is 5. The fourth-order valence-corrected chi connectivity index (χ4v) is 3.75. The Labute approximate surface area is 126 Å². The third-order valence-corrected chi connectivity index (χ3v) is 4.86. The lowest BCUT2D eigenvalue weighted by molar-refractivity contribution is 0.262. The van der Waals surface area contributed by atoms with Crippen LogP contribution >= 0.6 is 15.9 Å². The van der Waals surface area contributed by atoms with Gasteiger partial charge in [0, 0.05) is 25.4 Å². The van der Waals surface area contributed by atoms with E-state index in [9.17, 15) is 0 Å². The van der Waals surface area contributed by atoms with Gasteiger partial charge in [-0.2, -0.15) is 0 Å². The lowest BCUT2D eigenvalue weighted by Gasteiger charge is -2.25. The Hall–Kier alpha value is -1.30. The van der Waals surface area contributed by atoms with Crippen LogP contribution in [0.15, 0.2) is 16.9 Å². The molecular weight excluding hydrogens is 318 g/mol. The van der Waals surface area contributed by atoms with Crippen LogP contribution in [0.3, 0.4) is 0 Å². The van der Waals surface area contributed by atoms with Crippen molar-refractivity contribution in [3.05, 3.63) is 22.7 Å². The number of rotatable bonds is 1. The van der Waals surface area contributed by atoms with Gasteiger partial charge in [-0.25, -0.2) is 9.97 Å². The Morgan fingerprint density at radius 3 is 2.75 bits per heavy atom. The molecule has 1 fully saturated rings. The zero-order valence-electron chi connectivity index (χ0n) is 11.2. The van der Waals surface area contributed by atoms with Crippen LogP contribution in [0.2, 0.25) is 0 Å². The molecule has 0 N–H and O–H groups in total. The molecule has 104 valence electrons. The second kappa shape index (κ2) is 4.91. The zero-order chi connectivity index (χ0) is 13.5. The molecule has 5 nitrogen and oxygen atoms in total. The predicted octanol–water partition coefficient (Wildman–Crippen LogP) is 2.86. The molecule has 6 heteroatoms. The minimum Gasteiger partial charge on any atom is -0.308 e.